The summed E-state index contributed by atoms with van der Waals surface area (Å²) < 4.78 is 6.18. The number of hydrogen-bond acceptors (Lipinski definition) is 1. The second-order valence-electron chi connectivity index (χ2n) is 2.58. The second-order valence-corrected chi connectivity index (χ2v) is 3.76. The van der Waals surface area contributed by atoms with Crippen molar-refractivity contribution in [3.8, 4) is 5.75 Å². The minimum absolute atomic E-state index is 0.415. The largest absolute Gasteiger partial charge is 0.496 e. The lowest BCUT2D eigenvalue weighted by atomic mass is 10.1. The van der Waals surface area contributed by atoms with E-state index < -0.39 is 0 Å². The second kappa shape index (κ2) is 4.68. The molecular weight excluding hydrogens is 251 g/mol. The molecule has 3 heteroatoms. The van der Waals surface area contributed by atoms with Crippen LogP contribution in [0.15, 0.2) is 29.3 Å². The van der Waals surface area contributed by atoms with Crippen molar-refractivity contribution < 1.29 is 4.74 Å². The van der Waals surface area contributed by atoms with Crippen molar-refractivity contribution >= 4 is 33.1 Å². The lowest BCUT2D eigenvalue weighted by Crippen LogP contribution is -1.91. The Morgan fingerprint density at radius 2 is 2.31 bits per heavy atom. The highest BCUT2D eigenvalue weighted by Crippen LogP contribution is 2.28. The van der Waals surface area contributed by atoms with Crippen LogP contribution in [0.25, 0.3) is 5.57 Å². The lowest BCUT2D eigenvalue weighted by Gasteiger charge is -2.09. The van der Waals surface area contributed by atoms with Crippen molar-refractivity contribution in [2.75, 3.05) is 13.0 Å². The molecule has 0 aliphatic rings. The summed E-state index contributed by atoms with van der Waals surface area (Å²) in [5.74, 6) is 1.21. The van der Waals surface area contributed by atoms with Crippen LogP contribution in [0, 0.1) is 0 Å². The Labute approximate surface area is 91.5 Å². The molecular formula is C10H10BrClO. The van der Waals surface area contributed by atoms with Crippen LogP contribution in [-0.4, -0.2) is 13.0 Å². The summed E-state index contributed by atoms with van der Waals surface area (Å²) >= 11 is 9.05. The monoisotopic (exact) mass is 260 g/mol. The van der Waals surface area contributed by atoms with Crippen LogP contribution in [0.3, 0.4) is 0 Å². The number of rotatable bonds is 3. The molecule has 0 unspecified atom stereocenters. The topological polar surface area (TPSA) is 9.23 Å². The number of hydrogen-bond donors (Lipinski definition) is 0. The minimum atomic E-state index is 0.415. The molecule has 0 amide bonds. The molecule has 0 aliphatic carbocycles. The van der Waals surface area contributed by atoms with E-state index in [0.29, 0.717) is 5.88 Å². The molecule has 0 fully saturated rings. The van der Waals surface area contributed by atoms with Gasteiger partial charge in [0.15, 0.2) is 0 Å². The fourth-order valence-corrected chi connectivity index (χ4v) is 1.51. The summed E-state index contributed by atoms with van der Waals surface area (Å²) in [5, 5.41) is 0. The maximum Gasteiger partial charge on any atom is 0.127 e. The zero-order valence-electron chi connectivity index (χ0n) is 7.31. The van der Waals surface area contributed by atoms with Crippen LogP contribution in [0.5, 0.6) is 5.75 Å². The first-order chi connectivity index (χ1) is 6.19. The molecule has 0 N–H and O–H groups in total. The van der Waals surface area contributed by atoms with Crippen molar-refractivity contribution in [3.63, 3.8) is 0 Å². The maximum absolute atomic E-state index is 5.69. The van der Waals surface area contributed by atoms with E-state index in [9.17, 15) is 0 Å². The predicted octanol–water partition coefficient (Wildman–Crippen LogP) is 3.71. The van der Waals surface area contributed by atoms with Gasteiger partial charge in [-0.25, -0.2) is 0 Å². The lowest BCUT2D eigenvalue weighted by molar-refractivity contribution is 0.413. The number of allylic oxidation sites excluding steroid dienone is 1. The predicted molar refractivity (Wildman–Crippen MR) is 60.4 cm³/mol. The summed E-state index contributed by atoms with van der Waals surface area (Å²) in [6, 6.07) is 5.77. The van der Waals surface area contributed by atoms with Gasteiger partial charge in [-0.3, -0.25) is 0 Å². The van der Waals surface area contributed by atoms with Gasteiger partial charge in [0, 0.05) is 15.9 Å². The average molecular weight is 262 g/mol. The molecule has 1 nitrogen and oxygen atoms in total. The first kappa shape index (κ1) is 10.6. The SMILES string of the molecule is C=C(CCl)c1ccc(Br)cc1OC. The summed E-state index contributed by atoms with van der Waals surface area (Å²) in [6.45, 7) is 3.85. The maximum atomic E-state index is 5.69. The number of alkyl halides is 1. The molecule has 0 saturated carbocycles. The molecule has 1 aromatic rings. The van der Waals surface area contributed by atoms with Gasteiger partial charge >= 0.3 is 0 Å². The van der Waals surface area contributed by atoms with Gasteiger partial charge in [0.2, 0.25) is 0 Å². The van der Waals surface area contributed by atoms with E-state index in [1.807, 2.05) is 18.2 Å². The third-order valence-corrected chi connectivity index (χ3v) is 2.52. The zero-order chi connectivity index (χ0) is 9.84. The van der Waals surface area contributed by atoms with Crippen molar-refractivity contribution in [1.82, 2.24) is 0 Å². The third kappa shape index (κ3) is 2.48. The van der Waals surface area contributed by atoms with Gasteiger partial charge < -0.3 is 4.74 Å². The van der Waals surface area contributed by atoms with E-state index in [2.05, 4.69) is 22.5 Å². The summed E-state index contributed by atoms with van der Waals surface area (Å²) in [5.41, 5.74) is 1.83. The highest BCUT2D eigenvalue weighted by molar-refractivity contribution is 9.10. The van der Waals surface area contributed by atoms with E-state index in [0.717, 1.165) is 21.4 Å². The first-order valence-corrected chi connectivity index (χ1v) is 5.09. The summed E-state index contributed by atoms with van der Waals surface area (Å²) in [4.78, 5) is 0. The van der Waals surface area contributed by atoms with E-state index in [4.69, 9.17) is 16.3 Å². The van der Waals surface area contributed by atoms with Crippen LogP contribution < -0.4 is 4.74 Å². The molecule has 0 aromatic heterocycles. The number of ether oxygens (including phenoxy) is 1. The molecule has 1 rings (SSSR count). The number of methoxy groups -OCH3 is 1. The van der Waals surface area contributed by atoms with Crippen LogP contribution in [0.2, 0.25) is 0 Å². The van der Waals surface area contributed by atoms with Gasteiger partial charge in [0.1, 0.15) is 5.75 Å². The fourth-order valence-electron chi connectivity index (χ4n) is 1.03. The van der Waals surface area contributed by atoms with Crippen molar-refractivity contribution in [2.45, 2.75) is 0 Å². The Balaban J connectivity index is 3.13. The fraction of sp³-hybridized carbons (Fsp3) is 0.200. The standard InChI is InChI=1S/C10H10BrClO/c1-7(6-12)9-4-3-8(11)5-10(9)13-2/h3-5H,1,6H2,2H3. The molecule has 0 saturated heterocycles. The first-order valence-electron chi connectivity index (χ1n) is 3.76. The highest BCUT2D eigenvalue weighted by atomic mass is 79.9. The summed E-state index contributed by atoms with van der Waals surface area (Å²) in [6.07, 6.45) is 0. The van der Waals surface area contributed by atoms with Gasteiger partial charge in [-0.05, 0) is 23.8 Å². The van der Waals surface area contributed by atoms with Gasteiger partial charge in [-0.2, -0.15) is 0 Å². The van der Waals surface area contributed by atoms with Crippen LogP contribution >= 0.6 is 27.5 Å². The van der Waals surface area contributed by atoms with Gasteiger partial charge in [0.25, 0.3) is 0 Å². The third-order valence-electron chi connectivity index (χ3n) is 1.71. The molecule has 0 aliphatic heterocycles. The zero-order valence-corrected chi connectivity index (χ0v) is 9.65. The molecule has 0 spiro atoms. The van der Waals surface area contributed by atoms with Crippen molar-refractivity contribution in [1.29, 1.82) is 0 Å². The Morgan fingerprint density at radius 3 is 2.85 bits per heavy atom. The smallest absolute Gasteiger partial charge is 0.127 e. The van der Waals surface area contributed by atoms with Crippen molar-refractivity contribution in [2.24, 2.45) is 0 Å². The molecule has 0 heterocycles. The Kier molecular flexibility index (Phi) is 3.82. The van der Waals surface area contributed by atoms with E-state index >= 15 is 0 Å². The minimum Gasteiger partial charge on any atom is -0.496 e. The summed E-state index contributed by atoms with van der Waals surface area (Å²) in [7, 11) is 1.63. The van der Waals surface area contributed by atoms with Crippen LogP contribution in [-0.2, 0) is 0 Å². The Bertz CT molecular complexity index is 323. The molecule has 0 radical (unpaired) electrons. The highest BCUT2D eigenvalue weighted by Gasteiger charge is 2.05. The van der Waals surface area contributed by atoms with Gasteiger partial charge in [-0.15, -0.1) is 11.6 Å². The average Bonchev–Trinajstić information content (AvgIpc) is 2.16. The normalized spacial score (nSPS) is 9.77. The van der Waals surface area contributed by atoms with E-state index in [1.54, 1.807) is 7.11 Å². The number of halogens is 2. The van der Waals surface area contributed by atoms with Gasteiger partial charge in [0.05, 0.1) is 7.11 Å². The van der Waals surface area contributed by atoms with Gasteiger partial charge in [-0.1, -0.05) is 22.5 Å². The molecule has 0 bridgehead atoms. The van der Waals surface area contributed by atoms with Crippen molar-refractivity contribution in [3.05, 3.63) is 34.8 Å². The van der Waals surface area contributed by atoms with E-state index in [1.165, 1.54) is 0 Å². The van der Waals surface area contributed by atoms with Crippen LogP contribution in [0.1, 0.15) is 5.56 Å². The van der Waals surface area contributed by atoms with Crippen LogP contribution in [0.4, 0.5) is 0 Å². The van der Waals surface area contributed by atoms with E-state index in [-0.39, 0.29) is 0 Å². The molecule has 13 heavy (non-hydrogen) atoms. The number of benzene rings is 1. The molecule has 1 aromatic carbocycles. The molecule has 70 valence electrons. The Hall–Kier alpha value is -0.470. The quantitative estimate of drug-likeness (QED) is 0.754. The molecule has 0 atom stereocenters. The Morgan fingerprint density at radius 1 is 1.62 bits per heavy atom.